The Morgan fingerprint density at radius 3 is 2.54 bits per heavy atom. The second kappa shape index (κ2) is 10.5. The van der Waals surface area contributed by atoms with Gasteiger partial charge in [0.2, 0.25) is 6.23 Å². The SMILES string of the molecule is CC(C)(O)[C@H](F)CN1Cc2cc(NC(=O)c3cnn4cccnc34)c(N3CCN([C@H](O)C(F)(F)F)CC3)cc2C1=O. The molecule has 0 unspecified atom stereocenters. The quantitative estimate of drug-likeness (QED) is 0.363. The maximum Gasteiger partial charge on any atom is 0.428 e. The lowest BCUT2D eigenvalue weighted by molar-refractivity contribution is -0.250. The lowest BCUT2D eigenvalue weighted by atomic mass is 10.0. The molecule has 220 valence electrons. The van der Waals surface area contributed by atoms with Crippen LogP contribution in [0.3, 0.4) is 0 Å². The summed E-state index contributed by atoms with van der Waals surface area (Å²) in [7, 11) is 0. The average molecular weight is 580 g/mol. The third-order valence-corrected chi connectivity index (χ3v) is 7.31. The van der Waals surface area contributed by atoms with E-state index in [2.05, 4.69) is 15.4 Å². The molecule has 1 aromatic carbocycles. The molecular formula is C26H29F4N7O4. The Labute approximate surface area is 232 Å². The van der Waals surface area contributed by atoms with Crippen molar-refractivity contribution in [2.45, 2.75) is 44.6 Å². The minimum atomic E-state index is -4.80. The number of nitrogens with one attached hydrogen (secondary N) is 1. The summed E-state index contributed by atoms with van der Waals surface area (Å²) in [6, 6.07) is 4.78. The van der Waals surface area contributed by atoms with Crippen molar-refractivity contribution in [2.75, 3.05) is 42.9 Å². The van der Waals surface area contributed by atoms with Crippen molar-refractivity contribution in [3.8, 4) is 0 Å². The lowest BCUT2D eigenvalue weighted by Gasteiger charge is -2.39. The first-order chi connectivity index (χ1) is 19.2. The monoisotopic (exact) mass is 579 g/mol. The molecule has 15 heteroatoms. The first-order valence-corrected chi connectivity index (χ1v) is 12.9. The fraction of sp³-hybridized carbons (Fsp3) is 0.462. The van der Waals surface area contributed by atoms with Crippen LogP contribution in [-0.2, 0) is 6.54 Å². The van der Waals surface area contributed by atoms with Crippen molar-refractivity contribution in [3.63, 3.8) is 0 Å². The highest BCUT2D eigenvalue weighted by atomic mass is 19.4. The smallest absolute Gasteiger partial charge is 0.387 e. The van der Waals surface area contributed by atoms with Crippen molar-refractivity contribution in [2.24, 2.45) is 0 Å². The van der Waals surface area contributed by atoms with E-state index >= 15 is 0 Å². The number of nitrogens with zero attached hydrogens (tertiary/aromatic N) is 6. The van der Waals surface area contributed by atoms with Crippen LogP contribution < -0.4 is 10.2 Å². The van der Waals surface area contributed by atoms with Crippen LogP contribution in [0.25, 0.3) is 5.65 Å². The average Bonchev–Trinajstić information content (AvgIpc) is 3.48. The van der Waals surface area contributed by atoms with E-state index < -0.39 is 36.0 Å². The fourth-order valence-electron chi connectivity index (χ4n) is 4.93. The van der Waals surface area contributed by atoms with Crippen LogP contribution in [0.5, 0.6) is 0 Å². The summed E-state index contributed by atoms with van der Waals surface area (Å²) in [6.07, 6.45) is -4.63. The normalized spacial score (nSPS) is 18.1. The van der Waals surface area contributed by atoms with Gasteiger partial charge < -0.3 is 25.3 Å². The van der Waals surface area contributed by atoms with Crippen LogP contribution in [0, 0.1) is 0 Å². The van der Waals surface area contributed by atoms with Gasteiger partial charge in [0, 0.05) is 50.7 Å². The molecule has 2 aliphatic rings. The van der Waals surface area contributed by atoms with Gasteiger partial charge in [0.1, 0.15) is 11.7 Å². The molecule has 0 aliphatic carbocycles. The largest absolute Gasteiger partial charge is 0.428 e. The summed E-state index contributed by atoms with van der Waals surface area (Å²) in [4.78, 5) is 34.6. The van der Waals surface area contributed by atoms with E-state index in [9.17, 15) is 37.4 Å². The summed E-state index contributed by atoms with van der Waals surface area (Å²) in [5, 5.41) is 26.6. The minimum Gasteiger partial charge on any atom is -0.387 e. The number of carbonyl (C=O) groups is 2. The fourth-order valence-corrected chi connectivity index (χ4v) is 4.93. The molecule has 11 nitrogen and oxygen atoms in total. The number of fused-ring (bicyclic) bond motifs is 2. The number of aliphatic hydroxyl groups excluding tert-OH is 1. The van der Waals surface area contributed by atoms with Gasteiger partial charge in [0.25, 0.3) is 11.8 Å². The maximum absolute atomic E-state index is 14.6. The minimum absolute atomic E-state index is 0.0393. The molecule has 41 heavy (non-hydrogen) atoms. The number of anilines is 2. The molecule has 0 radical (unpaired) electrons. The van der Waals surface area contributed by atoms with Crippen LogP contribution >= 0.6 is 0 Å². The van der Waals surface area contributed by atoms with E-state index in [1.807, 2.05) is 0 Å². The molecule has 0 bridgehead atoms. The van der Waals surface area contributed by atoms with Crippen molar-refractivity contribution < 1.29 is 37.4 Å². The van der Waals surface area contributed by atoms with E-state index in [0.29, 0.717) is 22.6 Å². The van der Waals surface area contributed by atoms with Gasteiger partial charge in [0.15, 0.2) is 5.65 Å². The van der Waals surface area contributed by atoms with Crippen molar-refractivity contribution >= 4 is 28.8 Å². The number of piperazine rings is 1. The molecule has 2 atom stereocenters. The zero-order valence-corrected chi connectivity index (χ0v) is 22.3. The summed E-state index contributed by atoms with van der Waals surface area (Å²) in [5.41, 5.74) is 0.280. The van der Waals surface area contributed by atoms with Gasteiger partial charge in [-0.15, -0.1) is 0 Å². The first kappa shape index (κ1) is 28.7. The molecule has 3 N–H and O–H groups in total. The number of aliphatic hydroxyl groups is 2. The number of hydrogen-bond acceptors (Lipinski definition) is 8. The van der Waals surface area contributed by atoms with Crippen molar-refractivity contribution in [1.29, 1.82) is 0 Å². The van der Waals surface area contributed by atoms with Crippen molar-refractivity contribution in [1.82, 2.24) is 24.4 Å². The standard InChI is InChI=1S/C26H29F4N7O4/c1-25(2,41)20(27)14-36-13-15-10-18(33-22(38)17-12-32-37-5-3-4-31-21(17)37)19(11-16(15)23(36)39)34-6-8-35(9-7-34)24(40)26(28,29)30/h3-5,10-12,20,24,40-41H,6-9,13-14H2,1-2H3,(H,33,38)/t20-,24-/m1/s1. The van der Waals surface area contributed by atoms with E-state index in [1.54, 1.807) is 23.2 Å². The Morgan fingerprint density at radius 2 is 1.88 bits per heavy atom. The molecule has 2 amide bonds. The van der Waals surface area contributed by atoms with E-state index in [4.69, 9.17) is 0 Å². The highest BCUT2D eigenvalue weighted by Gasteiger charge is 2.43. The van der Waals surface area contributed by atoms with Gasteiger partial charge in [-0.05, 0) is 37.6 Å². The molecule has 2 aliphatic heterocycles. The molecule has 1 fully saturated rings. The summed E-state index contributed by atoms with van der Waals surface area (Å²) in [6.45, 7) is 2.18. The number of halogens is 4. The predicted octanol–water partition coefficient (Wildman–Crippen LogP) is 2.05. The molecule has 2 aromatic heterocycles. The van der Waals surface area contributed by atoms with Gasteiger partial charge >= 0.3 is 6.18 Å². The number of alkyl halides is 4. The summed E-state index contributed by atoms with van der Waals surface area (Å²) >= 11 is 0. The number of aromatic nitrogens is 3. The lowest BCUT2D eigenvalue weighted by Crippen LogP contribution is -2.55. The molecule has 0 saturated carbocycles. The third kappa shape index (κ3) is 5.69. The van der Waals surface area contributed by atoms with Crippen LogP contribution in [0.15, 0.2) is 36.8 Å². The topological polar surface area (TPSA) is 127 Å². The van der Waals surface area contributed by atoms with E-state index in [-0.39, 0.29) is 50.4 Å². The van der Waals surface area contributed by atoms with Crippen molar-refractivity contribution in [3.05, 3.63) is 53.5 Å². The summed E-state index contributed by atoms with van der Waals surface area (Å²) < 4.78 is 55.2. The number of carbonyl (C=O) groups excluding carboxylic acids is 2. The van der Waals surface area contributed by atoms with Crippen LogP contribution in [-0.4, -0.2) is 103 Å². The second-order valence-corrected chi connectivity index (χ2v) is 10.7. The second-order valence-electron chi connectivity index (χ2n) is 10.7. The summed E-state index contributed by atoms with van der Waals surface area (Å²) in [5.74, 6) is -1.01. The Morgan fingerprint density at radius 1 is 1.17 bits per heavy atom. The molecule has 0 spiro atoms. The molecular weight excluding hydrogens is 550 g/mol. The zero-order chi connectivity index (χ0) is 29.7. The highest BCUT2D eigenvalue weighted by molar-refractivity contribution is 6.10. The third-order valence-electron chi connectivity index (χ3n) is 7.31. The van der Waals surface area contributed by atoms with Crippen LogP contribution in [0.4, 0.5) is 28.9 Å². The molecule has 4 heterocycles. The van der Waals surface area contributed by atoms with Crippen LogP contribution in [0.1, 0.15) is 40.1 Å². The Bertz CT molecular complexity index is 1460. The molecule has 5 rings (SSSR count). The first-order valence-electron chi connectivity index (χ1n) is 12.9. The predicted molar refractivity (Wildman–Crippen MR) is 139 cm³/mol. The van der Waals surface area contributed by atoms with Gasteiger partial charge in [-0.3, -0.25) is 14.5 Å². The number of benzene rings is 1. The number of hydrogen-bond donors (Lipinski definition) is 3. The van der Waals surface area contributed by atoms with Crippen LogP contribution in [0.2, 0.25) is 0 Å². The Balaban J connectivity index is 1.45. The highest BCUT2D eigenvalue weighted by Crippen LogP contribution is 2.36. The molecule has 3 aromatic rings. The maximum atomic E-state index is 14.6. The zero-order valence-electron chi connectivity index (χ0n) is 22.3. The van der Waals surface area contributed by atoms with E-state index in [1.165, 1.54) is 41.7 Å². The van der Waals surface area contributed by atoms with Gasteiger partial charge in [-0.1, -0.05) is 0 Å². The Hall–Kier alpha value is -3.82. The Kier molecular flexibility index (Phi) is 7.38. The van der Waals surface area contributed by atoms with Gasteiger partial charge in [-0.2, -0.15) is 18.3 Å². The number of rotatable bonds is 7. The number of amides is 2. The van der Waals surface area contributed by atoms with Gasteiger partial charge in [0.05, 0.1) is 29.7 Å². The van der Waals surface area contributed by atoms with E-state index in [0.717, 1.165) is 4.90 Å². The molecule has 1 saturated heterocycles. The van der Waals surface area contributed by atoms with Gasteiger partial charge in [-0.25, -0.2) is 13.9 Å².